The van der Waals surface area contributed by atoms with Crippen LogP contribution in [0.25, 0.3) is 0 Å². The summed E-state index contributed by atoms with van der Waals surface area (Å²) in [4.78, 5) is 15.2. The van der Waals surface area contributed by atoms with Crippen molar-refractivity contribution in [2.75, 3.05) is 33.7 Å². The predicted octanol–water partition coefficient (Wildman–Crippen LogP) is -0.317. The van der Waals surface area contributed by atoms with Crippen LogP contribution in [-0.4, -0.2) is 54.4 Å². The first kappa shape index (κ1) is 12.3. The van der Waals surface area contributed by atoms with Crippen LogP contribution >= 0.6 is 12.2 Å². The Morgan fingerprint density at radius 3 is 2.23 bits per heavy atom. The molecule has 0 bridgehead atoms. The monoisotopic (exact) mass is 203 g/mol. The Bertz CT molecular complexity index is 194. The van der Waals surface area contributed by atoms with E-state index in [1.807, 2.05) is 11.8 Å². The molecule has 0 aliphatic rings. The van der Waals surface area contributed by atoms with Gasteiger partial charge in [-0.05, 0) is 6.54 Å². The van der Waals surface area contributed by atoms with Gasteiger partial charge >= 0.3 is 0 Å². The fourth-order valence-electron chi connectivity index (χ4n) is 0.833. The number of rotatable bonds is 5. The van der Waals surface area contributed by atoms with Gasteiger partial charge in [-0.2, -0.15) is 0 Å². The second kappa shape index (κ2) is 5.88. The summed E-state index contributed by atoms with van der Waals surface area (Å²) in [5, 5.41) is 0. The maximum Gasteiger partial charge on any atom is 0.236 e. The lowest BCUT2D eigenvalue weighted by Crippen LogP contribution is -2.40. The van der Waals surface area contributed by atoms with Gasteiger partial charge in [0, 0.05) is 20.6 Å². The number of carbonyl (C=O) groups excluding carboxylic acids is 1. The molecule has 0 unspecified atom stereocenters. The third kappa shape index (κ3) is 5.54. The maximum atomic E-state index is 11.3. The van der Waals surface area contributed by atoms with E-state index in [9.17, 15) is 4.79 Å². The van der Waals surface area contributed by atoms with Crippen LogP contribution in [0.5, 0.6) is 0 Å². The molecular weight excluding hydrogens is 186 g/mol. The minimum atomic E-state index is 0.0677. The summed E-state index contributed by atoms with van der Waals surface area (Å²) < 4.78 is 0. The highest BCUT2D eigenvalue weighted by atomic mass is 32.1. The van der Waals surface area contributed by atoms with Gasteiger partial charge in [0.1, 0.15) is 0 Å². The van der Waals surface area contributed by atoms with E-state index in [1.54, 1.807) is 19.0 Å². The van der Waals surface area contributed by atoms with Gasteiger partial charge in [-0.1, -0.05) is 19.1 Å². The third-order valence-electron chi connectivity index (χ3n) is 1.68. The van der Waals surface area contributed by atoms with E-state index in [2.05, 4.69) is 0 Å². The summed E-state index contributed by atoms with van der Waals surface area (Å²) in [5.74, 6) is 0.0677. The molecule has 1 amide bonds. The first-order valence-corrected chi connectivity index (χ1v) is 4.59. The highest BCUT2D eigenvalue weighted by Crippen LogP contribution is 1.90. The number of hydrogen-bond acceptors (Lipinski definition) is 3. The Balaban J connectivity index is 3.97. The summed E-state index contributed by atoms with van der Waals surface area (Å²) in [6.07, 6.45) is 0. The molecule has 0 aliphatic heterocycles. The van der Waals surface area contributed by atoms with Crippen molar-refractivity contribution in [1.82, 2.24) is 9.80 Å². The van der Waals surface area contributed by atoms with Crippen molar-refractivity contribution in [2.24, 2.45) is 5.73 Å². The van der Waals surface area contributed by atoms with E-state index in [-0.39, 0.29) is 5.91 Å². The predicted molar refractivity (Wildman–Crippen MR) is 57.6 cm³/mol. The fraction of sp³-hybridized carbons (Fsp3) is 0.750. The number of thiocarbonyl (C=S) groups is 1. The van der Waals surface area contributed by atoms with Crippen molar-refractivity contribution >= 4 is 23.1 Å². The number of hydrogen-bond donors (Lipinski definition) is 1. The molecule has 0 spiro atoms. The molecule has 0 rings (SSSR count). The molecule has 5 heteroatoms. The summed E-state index contributed by atoms with van der Waals surface area (Å²) in [6.45, 7) is 3.63. The third-order valence-corrected chi connectivity index (χ3v) is 1.81. The van der Waals surface area contributed by atoms with Gasteiger partial charge in [0.2, 0.25) is 5.91 Å². The summed E-state index contributed by atoms with van der Waals surface area (Å²) in [5.41, 5.74) is 5.39. The van der Waals surface area contributed by atoms with Crippen LogP contribution in [-0.2, 0) is 4.79 Å². The van der Waals surface area contributed by atoms with E-state index in [0.29, 0.717) is 18.1 Å². The molecule has 0 radical (unpaired) electrons. The Morgan fingerprint density at radius 2 is 1.92 bits per heavy atom. The molecule has 0 atom stereocenters. The highest BCUT2D eigenvalue weighted by molar-refractivity contribution is 7.80. The molecular formula is C8H17N3OS. The zero-order valence-corrected chi connectivity index (χ0v) is 9.23. The van der Waals surface area contributed by atoms with Crippen LogP contribution < -0.4 is 5.73 Å². The Labute approximate surface area is 84.7 Å². The number of nitrogens with zero attached hydrogens (tertiary/aromatic N) is 2. The van der Waals surface area contributed by atoms with Crippen LogP contribution in [0.2, 0.25) is 0 Å². The smallest absolute Gasteiger partial charge is 0.236 e. The lowest BCUT2D eigenvalue weighted by Gasteiger charge is -2.20. The normalized spacial score (nSPS) is 10.2. The number of likely N-dealkylation sites (N-methyl/N-ethyl adjacent to an activating group) is 2. The van der Waals surface area contributed by atoms with Crippen LogP contribution in [0.3, 0.4) is 0 Å². The van der Waals surface area contributed by atoms with Crippen LogP contribution in [0.4, 0.5) is 0 Å². The van der Waals surface area contributed by atoms with Crippen molar-refractivity contribution in [3.05, 3.63) is 0 Å². The van der Waals surface area contributed by atoms with E-state index < -0.39 is 0 Å². The minimum absolute atomic E-state index is 0.0677. The molecule has 0 saturated carbocycles. The standard InChI is InChI=1S/C8H17N3OS/c1-4-11(5-7(9)13)6-8(12)10(2)3/h4-6H2,1-3H3,(H2,9,13). The first-order valence-electron chi connectivity index (χ1n) is 4.18. The SMILES string of the molecule is CCN(CC(=O)N(C)C)CC(N)=S. The van der Waals surface area contributed by atoms with E-state index in [0.717, 1.165) is 6.54 Å². The van der Waals surface area contributed by atoms with Crippen LogP contribution in [0.1, 0.15) is 6.92 Å². The lowest BCUT2D eigenvalue weighted by atomic mass is 10.4. The van der Waals surface area contributed by atoms with Gasteiger partial charge in [-0.3, -0.25) is 9.69 Å². The molecule has 0 heterocycles. The molecule has 0 saturated heterocycles. The Kier molecular flexibility index (Phi) is 5.57. The number of nitrogens with two attached hydrogens (primary N) is 1. The number of amides is 1. The topological polar surface area (TPSA) is 49.6 Å². The van der Waals surface area contributed by atoms with E-state index in [1.165, 1.54) is 0 Å². The largest absolute Gasteiger partial charge is 0.392 e. The van der Waals surface area contributed by atoms with Crippen molar-refractivity contribution in [3.63, 3.8) is 0 Å². The van der Waals surface area contributed by atoms with Gasteiger partial charge in [0.15, 0.2) is 0 Å². The van der Waals surface area contributed by atoms with Gasteiger partial charge in [-0.15, -0.1) is 0 Å². The van der Waals surface area contributed by atoms with E-state index >= 15 is 0 Å². The highest BCUT2D eigenvalue weighted by Gasteiger charge is 2.10. The molecule has 0 aliphatic carbocycles. The molecule has 4 nitrogen and oxygen atoms in total. The average molecular weight is 203 g/mol. The van der Waals surface area contributed by atoms with Crippen molar-refractivity contribution in [1.29, 1.82) is 0 Å². The molecule has 0 aromatic carbocycles. The first-order chi connectivity index (χ1) is 5.97. The average Bonchev–Trinajstić information content (AvgIpc) is 2.02. The van der Waals surface area contributed by atoms with Gasteiger partial charge in [-0.25, -0.2) is 0 Å². The summed E-state index contributed by atoms with van der Waals surface area (Å²) in [6, 6.07) is 0. The summed E-state index contributed by atoms with van der Waals surface area (Å²) >= 11 is 4.77. The van der Waals surface area contributed by atoms with Crippen LogP contribution in [0, 0.1) is 0 Å². The Morgan fingerprint density at radius 1 is 1.38 bits per heavy atom. The van der Waals surface area contributed by atoms with Gasteiger partial charge < -0.3 is 10.6 Å². The second-order valence-electron chi connectivity index (χ2n) is 3.06. The molecule has 0 fully saturated rings. The minimum Gasteiger partial charge on any atom is -0.392 e. The zero-order valence-electron chi connectivity index (χ0n) is 8.41. The molecule has 13 heavy (non-hydrogen) atoms. The van der Waals surface area contributed by atoms with E-state index in [4.69, 9.17) is 18.0 Å². The van der Waals surface area contributed by atoms with Gasteiger partial charge in [0.05, 0.1) is 11.5 Å². The summed E-state index contributed by atoms with van der Waals surface area (Å²) in [7, 11) is 3.47. The lowest BCUT2D eigenvalue weighted by molar-refractivity contribution is -0.129. The second-order valence-corrected chi connectivity index (χ2v) is 3.58. The van der Waals surface area contributed by atoms with Crippen LogP contribution in [0.15, 0.2) is 0 Å². The fourth-order valence-corrected chi connectivity index (χ4v) is 1.02. The molecule has 2 N–H and O–H groups in total. The number of carbonyl (C=O) groups is 1. The molecule has 0 aromatic rings. The molecule has 0 aromatic heterocycles. The van der Waals surface area contributed by atoms with Crippen molar-refractivity contribution in [2.45, 2.75) is 6.92 Å². The van der Waals surface area contributed by atoms with Crippen molar-refractivity contribution in [3.8, 4) is 0 Å². The Hall–Kier alpha value is -0.680. The molecule has 76 valence electrons. The zero-order chi connectivity index (χ0) is 10.4. The van der Waals surface area contributed by atoms with Crippen molar-refractivity contribution < 1.29 is 4.79 Å². The van der Waals surface area contributed by atoms with Gasteiger partial charge in [0.25, 0.3) is 0 Å². The quantitative estimate of drug-likeness (QED) is 0.622. The maximum absolute atomic E-state index is 11.3.